The van der Waals surface area contributed by atoms with Gasteiger partial charge in [-0.05, 0) is 34.9 Å². The van der Waals surface area contributed by atoms with Crippen LogP contribution in [0.1, 0.15) is 32.5 Å². The molecule has 0 aromatic carbocycles. The van der Waals surface area contributed by atoms with Crippen LogP contribution in [-0.2, 0) is 13.0 Å². The van der Waals surface area contributed by atoms with Crippen molar-refractivity contribution >= 4 is 0 Å². The topological polar surface area (TPSA) is 54.2 Å². The predicted octanol–water partition coefficient (Wildman–Crippen LogP) is 1.06. The molecule has 0 aliphatic heterocycles. The number of hydrogen-bond donors (Lipinski definition) is 1. The Kier molecular flexibility index (Phi) is 4.44. The summed E-state index contributed by atoms with van der Waals surface area (Å²) in [6.07, 6.45) is 0.775. The van der Waals surface area contributed by atoms with E-state index in [0.717, 1.165) is 25.3 Å². The number of nitrogens with one attached hydrogen (secondary N) is 1. The zero-order chi connectivity index (χ0) is 12.2. The van der Waals surface area contributed by atoms with Crippen molar-refractivity contribution in [1.29, 1.82) is 0 Å². The van der Waals surface area contributed by atoms with E-state index >= 15 is 0 Å². The summed E-state index contributed by atoms with van der Waals surface area (Å²) in [5.74, 6) is 1.45. The van der Waals surface area contributed by atoms with Crippen molar-refractivity contribution in [2.75, 3.05) is 20.6 Å². The van der Waals surface area contributed by atoms with E-state index < -0.39 is 0 Å². The third kappa shape index (κ3) is 5.23. The van der Waals surface area contributed by atoms with Crippen molar-refractivity contribution in [2.45, 2.75) is 39.3 Å². The molecule has 0 saturated carbocycles. The molecule has 0 saturated heterocycles. The minimum Gasteiger partial charge on any atom is -0.339 e. The summed E-state index contributed by atoms with van der Waals surface area (Å²) in [5, 5.41) is 7.30. The molecule has 92 valence electrons. The van der Waals surface area contributed by atoms with Gasteiger partial charge >= 0.3 is 0 Å². The molecule has 0 radical (unpaired) electrons. The van der Waals surface area contributed by atoms with Crippen LogP contribution >= 0.6 is 0 Å². The standard InChI is InChI=1S/C11H22N4O/c1-11(2,3)12-7-6-10-13-9(14-16-10)8-15(4)5/h12H,6-8H2,1-5H3. The number of rotatable bonds is 5. The first-order chi connectivity index (χ1) is 7.37. The summed E-state index contributed by atoms with van der Waals surface area (Å²) in [6.45, 7) is 7.98. The Bertz CT molecular complexity index is 314. The Balaban J connectivity index is 2.35. The molecular formula is C11H22N4O. The van der Waals surface area contributed by atoms with E-state index in [0.29, 0.717) is 5.89 Å². The van der Waals surface area contributed by atoms with E-state index in [4.69, 9.17) is 4.52 Å². The van der Waals surface area contributed by atoms with E-state index in [-0.39, 0.29) is 5.54 Å². The van der Waals surface area contributed by atoms with Crippen molar-refractivity contribution in [1.82, 2.24) is 20.4 Å². The van der Waals surface area contributed by atoms with Crippen molar-refractivity contribution in [2.24, 2.45) is 0 Å². The molecule has 0 unspecified atom stereocenters. The van der Waals surface area contributed by atoms with Crippen LogP contribution in [0.15, 0.2) is 4.52 Å². The van der Waals surface area contributed by atoms with Crippen molar-refractivity contribution in [3.8, 4) is 0 Å². The fourth-order valence-electron chi connectivity index (χ4n) is 1.28. The average Bonchev–Trinajstić information content (AvgIpc) is 2.49. The largest absolute Gasteiger partial charge is 0.339 e. The fraction of sp³-hybridized carbons (Fsp3) is 0.818. The van der Waals surface area contributed by atoms with Gasteiger partial charge in [0, 0.05) is 18.5 Å². The lowest BCUT2D eigenvalue weighted by Gasteiger charge is -2.19. The SMILES string of the molecule is CN(C)Cc1noc(CCNC(C)(C)C)n1. The average molecular weight is 226 g/mol. The number of nitrogens with zero attached hydrogens (tertiary/aromatic N) is 3. The third-order valence-electron chi connectivity index (χ3n) is 1.96. The summed E-state index contributed by atoms with van der Waals surface area (Å²) >= 11 is 0. The molecule has 0 aliphatic rings. The van der Waals surface area contributed by atoms with E-state index in [1.165, 1.54) is 0 Å². The second-order valence-electron chi connectivity index (χ2n) is 5.27. The molecule has 0 spiro atoms. The first-order valence-electron chi connectivity index (χ1n) is 5.58. The van der Waals surface area contributed by atoms with Gasteiger partial charge in [-0.1, -0.05) is 5.16 Å². The fourth-order valence-corrected chi connectivity index (χ4v) is 1.28. The zero-order valence-corrected chi connectivity index (χ0v) is 10.9. The second kappa shape index (κ2) is 5.41. The van der Waals surface area contributed by atoms with Gasteiger partial charge in [-0.3, -0.25) is 0 Å². The Hall–Kier alpha value is -0.940. The van der Waals surface area contributed by atoms with Gasteiger partial charge < -0.3 is 14.7 Å². The highest BCUT2D eigenvalue weighted by molar-refractivity contribution is 4.87. The van der Waals surface area contributed by atoms with Crippen LogP contribution in [0, 0.1) is 0 Å². The highest BCUT2D eigenvalue weighted by Crippen LogP contribution is 2.02. The Morgan fingerprint density at radius 1 is 1.31 bits per heavy atom. The van der Waals surface area contributed by atoms with E-state index in [1.54, 1.807) is 0 Å². The van der Waals surface area contributed by atoms with Crippen LogP contribution < -0.4 is 5.32 Å². The monoisotopic (exact) mass is 226 g/mol. The van der Waals surface area contributed by atoms with Crippen LogP contribution in [0.5, 0.6) is 0 Å². The minimum atomic E-state index is 0.131. The first-order valence-corrected chi connectivity index (χ1v) is 5.58. The lowest BCUT2D eigenvalue weighted by Crippen LogP contribution is -2.37. The Morgan fingerprint density at radius 2 is 2.00 bits per heavy atom. The van der Waals surface area contributed by atoms with Crippen molar-refractivity contribution < 1.29 is 4.52 Å². The quantitative estimate of drug-likeness (QED) is 0.813. The van der Waals surface area contributed by atoms with Crippen LogP contribution in [0.25, 0.3) is 0 Å². The minimum absolute atomic E-state index is 0.131. The summed E-state index contributed by atoms with van der Waals surface area (Å²) in [5.41, 5.74) is 0.131. The summed E-state index contributed by atoms with van der Waals surface area (Å²) in [6, 6.07) is 0. The molecule has 1 N–H and O–H groups in total. The predicted molar refractivity (Wildman–Crippen MR) is 63.1 cm³/mol. The molecule has 1 heterocycles. The molecule has 1 aromatic heterocycles. The lowest BCUT2D eigenvalue weighted by molar-refractivity contribution is 0.343. The third-order valence-corrected chi connectivity index (χ3v) is 1.96. The van der Waals surface area contributed by atoms with E-state index in [2.05, 4.69) is 36.2 Å². The maximum Gasteiger partial charge on any atom is 0.227 e. The lowest BCUT2D eigenvalue weighted by atomic mass is 10.1. The van der Waals surface area contributed by atoms with Gasteiger partial charge in [0.15, 0.2) is 5.82 Å². The van der Waals surface area contributed by atoms with Crippen LogP contribution in [-0.4, -0.2) is 41.2 Å². The normalized spacial score (nSPS) is 12.4. The molecule has 0 bridgehead atoms. The van der Waals surface area contributed by atoms with Gasteiger partial charge in [-0.2, -0.15) is 4.98 Å². The molecule has 0 fully saturated rings. The van der Waals surface area contributed by atoms with Crippen LogP contribution in [0.3, 0.4) is 0 Å². The summed E-state index contributed by atoms with van der Waals surface area (Å²) < 4.78 is 5.15. The number of hydrogen-bond acceptors (Lipinski definition) is 5. The Labute approximate surface area is 97.2 Å². The van der Waals surface area contributed by atoms with Gasteiger partial charge in [-0.25, -0.2) is 0 Å². The molecule has 16 heavy (non-hydrogen) atoms. The highest BCUT2D eigenvalue weighted by Gasteiger charge is 2.10. The van der Waals surface area contributed by atoms with Gasteiger partial charge in [0.1, 0.15) is 0 Å². The molecule has 1 rings (SSSR count). The number of aromatic nitrogens is 2. The van der Waals surface area contributed by atoms with Gasteiger partial charge in [0.05, 0.1) is 6.54 Å². The molecule has 0 amide bonds. The molecular weight excluding hydrogens is 204 g/mol. The molecule has 0 aliphatic carbocycles. The summed E-state index contributed by atoms with van der Waals surface area (Å²) in [4.78, 5) is 6.33. The highest BCUT2D eigenvalue weighted by atomic mass is 16.5. The molecule has 1 aromatic rings. The smallest absolute Gasteiger partial charge is 0.227 e. The molecule has 5 nitrogen and oxygen atoms in total. The van der Waals surface area contributed by atoms with Crippen molar-refractivity contribution in [3.63, 3.8) is 0 Å². The van der Waals surface area contributed by atoms with E-state index in [9.17, 15) is 0 Å². The first kappa shape index (κ1) is 13.1. The van der Waals surface area contributed by atoms with Gasteiger partial charge in [0.25, 0.3) is 0 Å². The zero-order valence-electron chi connectivity index (χ0n) is 10.9. The van der Waals surface area contributed by atoms with Crippen LogP contribution in [0.2, 0.25) is 0 Å². The summed E-state index contributed by atoms with van der Waals surface area (Å²) in [7, 11) is 3.97. The van der Waals surface area contributed by atoms with Gasteiger partial charge in [0.2, 0.25) is 5.89 Å². The van der Waals surface area contributed by atoms with Crippen LogP contribution in [0.4, 0.5) is 0 Å². The van der Waals surface area contributed by atoms with E-state index in [1.807, 2.05) is 19.0 Å². The van der Waals surface area contributed by atoms with Crippen molar-refractivity contribution in [3.05, 3.63) is 11.7 Å². The molecule has 5 heteroatoms. The maximum absolute atomic E-state index is 5.15. The molecule has 0 atom stereocenters. The Morgan fingerprint density at radius 3 is 2.56 bits per heavy atom. The van der Waals surface area contributed by atoms with Gasteiger partial charge in [-0.15, -0.1) is 0 Å². The second-order valence-corrected chi connectivity index (χ2v) is 5.27. The maximum atomic E-state index is 5.15.